The summed E-state index contributed by atoms with van der Waals surface area (Å²) in [5.74, 6) is 0.321. The van der Waals surface area contributed by atoms with E-state index in [0.29, 0.717) is 25.3 Å². The van der Waals surface area contributed by atoms with Crippen LogP contribution < -0.4 is 4.74 Å². The lowest BCUT2D eigenvalue weighted by atomic mass is 10.0. The van der Waals surface area contributed by atoms with Crippen LogP contribution in [-0.4, -0.2) is 29.8 Å². The Labute approximate surface area is 167 Å². The Hall–Kier alpha value is -2.40. The van der Waals surface area contributed by atoms with Gasteiger partial charge in [0.2, 0.25) is 5.88 Å². The highest BCUT2D eigenvalue weighted by Crippen LogP contribution is 2.30. The lowest BCUT2D eigenvalue weighted by Crippen LogP contribution is -2.06. The highest BCUT2D eigenvalue weighted by Gasteiger charge is 2.15. The van der Waals surface area contributed by atoms with Gasteiger partial charge in [-0.15, -0.1) is 0 Å². The molecule has 0 radical (unpaired) electrons. The fourth-order valence-electron chi connectivity index (χ4n) is 2.93. The summed E-state index contributed by atoms with van der Waals surface area (Å²) in [5, 5.41) is 11.7. The lowest BCUT2D eigenvalue weighted by molar-refractivity contribution is -0.140. The SMILES string of the molecule is CCCCCOc1nc2ccccc2cc1C(O)C/C=C\CCCC(=O)OC. The highest BCUT2D eigenvalue weighted by atomic mass is 16.5. The molecule has 0 saturated heterocycles. The number of carbonyl (C=O) groups excluding carboxylic acids is 1. The van der Waals surface area contributed by atoms with Gasteiger partial charge < -0.3 is 14.6 Å². The second-order valence-electron chi connectivity index (χ2n) is 6.82. The van der Waals surface area contributed by atoms with E-state index in [1.165, 1.54) is 7.11 Å². The normalized spacial score (nSPS) is 12.4. The number of aromatic nitrogens is 1. The molecule has 1 heterocycles. The molecule has 0 bridgehead atoms. The van der Waals surface area contributed by atoms with Crippen molar-refractivity contribution in [3.8, 4) is 5.88 Å². The summed E-state index contributed by atoms with van der Waals surface area (Å²) in [6.07, 6.45) is 8.86. The van der Waals surface area contributed by atoms with Crippen molar-refractivity contribution in [2.75, 3.05) is 13.7 Å². The molecule has 1 unspecified atom stereocenters. The predicted octanol–water partition coefficient (Wildman–Crippen LogP) is 5.13. The van der Waals surface area contributed by atoms with E-state index < -0.39 is 6.10 Å². The quantitative estimate of drug-likeness (QED) is 0.312. The fraction of sp³-hybridized carbons (Fsp3) is 0.478. The number of nitrogens with zero attached hydrogens (tertiary/aromatic N) is 1. The first-order valence-electron chi connectivity index (χ1n) is 10.1. The van der Waals surface area contributed by atoms with E-state index in [9.17, 15) is 9.90 Å². The highest BCUT2D eigenvalue weighted by molar-refractivity contribution is 5.80. The van der Waals surface area contributed by atoms with Crippen LogP contribution in [0.5, 0.6) is 5.88 Å². The van der Waals surface area contributed by atoms with Gasteiger partial charge in [-0.25, -0.2) is 4.98 Å². The van der Waals surface area contributed by atoms with Crippen molar-refractivity contribution < 1.29 is 19.4 Å². The first-order chi connectivity index (χ1) is 13.7. The third-order valence-electron chi connectivity index (χ3n) is 4.57. The van der Waals surface area contributed by atoms with Crippen LogP contribution in [0.25, 0.3) is 10.9 Å². The maximum atomic E-state index is 11.1. The van der Waals surface area contributed by atoms with Crippen LogP contribution in [0.3, 0.4) is 0 Å². The van der Waals surface area contributed by atoms with E-state index in [0.717, 1.165) is 48.6 Å². The van der Waals surface area contributed by atoms with Crippen molar-refractivity contribution in [2.45, 2.75) is 58.0 Å². The Morgan fingerprint density at radius 3 is 2.82 bits per heavy atom. The van der Waals surface area contributed by atoms with Crippen molar-refractivity contribution in [3.05, 3.63) is 48.0 Å². The van der Waals surface area contributed by atoms with Crippen LogP contribution in [0.15, 0.2) is 42.5 Å². The summed E-state index contributed by atoms with van der Waals surface area (Å²) in [4.78, 5) is 15.7. The average molecular weight is 386 g/mol. The summed E-state index contributed by atoms with van der Waals surface area (Å²) in [6, 6.07) is 9.81. The molecular weight excluding hydrogens is 354 g/mol. The van der Waals surface area contributed by atoms with E-state index >= 15 is 0 Å². The number of para-hydroxylation sites is 1. The van der Waals surface area contributed by atoms with Gasteiger partial charge in [0.1, 0.15) is 0 Å². The molecule has 0 amide bonds. The van der Waals surface area contributed by atoms with Gasteiger partial charge >= 0.3 is 5.97 Å². The van der Waals surface area contributed by atoms with Gasteiger partial charge in [0.25, 0.3) is 0 Å². The Bertz CT molecular complexity index is 772. The molecule has 5 nitrogen and oxygen atoms in total. The molecule has 152 valence electrons. The van der Waals surface area contributed by atoms with Gasteiger partial charge in [0.15, 0.2) is 0 Å². The van der Waals surface area contributed by atoms with E-state index in [4.69, 9.17) is 4.74 Å². The number of aliphatic hydroxyl groups is 1. The number of ether oxygens (including phenoxy) is 2. The summed E-state index contributed by atoms with van der Waals surface area (Å²) < 4.78 is 10.5. The minimum Gasteiger partial charge on any atom is -0.477 e. The Kier molecular flexibility index (Phi) is 9.49. The zero-order chi connectivity index (χ0) is 20.2. The third kappa shape index (κ3) is 6.97. The van der Waals surface area contributed by atoms with Crippen LogP contribution >= 0.6 is 0 Å². The lowest BCUT2D eigenvalue weighted by Gasteiger charge is -2.15. The number of esters is 1. The Morgan fingerprint density at radius 1 is 1.21 bits per heavy atom. The number of allylic oxidation sites excluding steroid dienone is 1. The maximum absolute atomic E-state index is 11.1. The first kappa shape index (κ1) is 21.9. The monoisotopic (exact) mass is 385 g/mol. The van der Waals surface area contributed by atoms with Crippen molar-refractivity contribution >= 4 is 16.9 Å². The van der Waals surface area contributed by atoms with Crippen LogP contribution in [0.2, 0.25) is 0 Å². The number of rotatable bonds is 12. The zero-order valence-electron chi connectivity index (χ0n) is 16.9. The number of fused-ring (bicyclic) bond motifs is 1. The summed E-state index contributed by atoms with van der Waals surface area (Å²) in [5.41, 5.74) is 1.58. The minimum absolute atomic E-state index is 0.194. The van der Waals surface area contributed by atoms with Crippen LogP contribution in [-0.2, 0) is 9.53 Å². The molecule has 0 aliphatic rings. The molecule has 2 aromatic rings. The summed E-state index contributed by atoms with van der Waals surface area (Å²) in [7, 11) is 1.40. The molecule has 1 aromatic carbocycles. The number of benzene rings is 1. The van der Waals surface area contributed by atoms with Gasteiger partial charge in [0.05, 0.1) is 25.3 Å². The van der Waals surface area contributed by atoms with E-state index in [2.05, 4.69) is 16.6 Å². The maximum Gasteiger partial charge on any atom is 0.305 e. The number of pyridine rings is 1. The summed E-state index contributed by atoms with van der Waals surface area (Å²) >= 11 is 0. The van der Waals surface area contributed by atoms with Crippen LogP contribution in [0, 0.1) is 0 Å². The standard InChI is InChI=1S/C23H31NO4/c1-3-4-11-16-28-23-19(17-18-12-9-10-13-20(18)24-23)21(25)14-7-5-6-8-15-22(26)27-2/h5,7,9-10,12-13,17,21,25H,3-4,6,8,11,14-16H2,1-2H3/b7-5-. The number of methoxy groups -OCH3 is 1. The van der Waals surface area contributed by atoms with Crippen LogP contribution in [0.1, 0.15) is 63.5 Å². The topological polar surface area (TPSA) is 68.7 Å². The third-order valence-corrected chi connectivity index (χ3v) is 4.57. The molecule has 0 aliphatic carbocycles. The molecular formula is C23H31NO4. The smallest absolute Gasteiger partial charge is 0.305 e. The van der Waals surface area contributed by atoms with E-state index in [1.807, 2.05) is 42.5 Å². The number of hydrogen-bond acceptors (Lipinski definition) is 5. The molecule has 1 atom stereocenters. The van der Waals surface area contributed by atoms with Crippen molar-refractivity contribution in [2.24, 2.45) is 0 Å². The molecule has 2 rings (SSSR count). The Morgan fingerprint density at radius 2 is 2.04 bits per heavy atom. The largest absolute Gasteiger partial charge is 0.477 e. The van der Waals surface area contributed by atoms with Gasteiger partial charge in [-0.2, -0.15) is 0 Å². The molecule has 5 heteroatoms. The van der Waals surface area contributed by atoms with Crippen LogP contribution in [0.4, 0.5) is 0 Å². The summed E-state index contributed by atoms with van der Waals surface area (Å²) in [6.45, 7) is 2.75. The molecule has 28 heavy (non-hydrogen) atoms. The van der Waals surface area contributed by atoms with Gasteiger partial charge in [-0.1, -0.05) is 50.1 Å². The first-order valence-corrected chi connectivity index (χ1v) is 10.1. The Balaban J connectivity index is 2.01. The number of hydrogen-bond donors (Lipinski definition) is 1. The second-order valence-corrected chi connectivity index (χ2v) is 6.82. The molecule has 0 fully saturated rings. The van der Waals surface area contributed by atoms with Gasteiger partial charge in [-0.05, 0) is 37.8 Å². The van der Waals surface area contributed by atoms with E-state index in [1.54, 1.807) is 0 Å². The molecule has 0 aliphatic heterocycles. The average Bonchev–Trinajstić information content (AvgIpc) is 2.72. The number of aliphatic hydroxyl groups excluding tert-OH is 1. The predicted molar refractivity (Wildman–Crippen MR) is 111 cm³/mol. The number of carbonyl (C=O) groups is 1. The van der Waals surface area contributed by atoms with Gasteiger partial charge in [0, 0.05) is 17.4 Å². The molecule has 0 saturated carbocycles. The zero-order valence-corrected chi connectivity index (χ0v) is 16.9. The van der Waals surface area contributed by atoms with Crippen molar-refractivity contribution in [1.29, 1.82) is 0 Å². The van der Waals surface area contributed by atoms with E-state index in [-0.39, 0.29) is 5.97 Å². The number of unbranched alkanes of at least 4 members (excludes halogenated alkanes) is 3. The molecule has 0 spiro atoms. The molecule has 1 aromatic heterocycles. The molecule has 1 N–H and O–H groups in total. The van der Waals surface area contributed by atoms with Gasteiger partial charge in [-0.3, -0.25) is 4.79 Å². The van der Waals surface area contributed by atoms with Crippen molar-refractivity contribution in [1.82, 2.24) is 4.98 Å². The minimum atomic E-state index is -0.685. The fourth-order valence-corrected chi connectivity index (χ4v) is 2.93. The second kappa shape index (κ2) is 12.1. The van der Waals surface area contributed by atoms with Crippen molar-refractivity contribution in [3.63, 3.8) is 0 Å².